The Bertz CT molecular complexity index is 692. The maximum absolute atomic E-state index is 12.2. The van der Waals surface area contributed by atoms with Crippen LogP contribution in [0.1, 0.15) is 31.9 Å². The highest BCUT2D eigenvalue weighted by Crippen LogP contribution is 2.38. The Labute approximate surface area is 139 Å². The first kappa shape index (κ1) is 17.5. The van der Waals surface area contributed by atoms with Crippen molar-refractivity contribution in [3.05, 3.63) is 41.2 Å². The molecule has 1 aromatic carbocycles. The van der Waals surface area contributed by atoms with Crippen LogP contribution in [0.4, 0.5) is 0 Å². The first-order valence-electron chi connectivity index (χ1n) is 7.56. The van der Waals surface area contributed by atoms with Gasteiger partial charge in [0.15, 0.2) is 11.5 Å². The van der Waals surface area contributed by atoms with Gasteiger partial charge in [0.1, 0.15) is 5.75 Å². The molecule has 1 aliphatic rings. The number of carboxylic acid groups (broad SMARTS) is 1. The molecule has 2 N–H and O–H groups in total. The fraction of sp³-hybridized carbons (Fsp3) is 0.353. The molecule has 0 radical (unpaired) electrons. The monoisotopic (exact) mass is 333 g/mol. The number of carbonyl (C=O) groups excluding carboxylic acids is 2. The number of aliphatic hydroxyl groups excluding tert-OH is 1. The summed E-state index contributed by atoms with van der Waals surface area (Å²) >= 11 is 0. The van der Waals surface area contributed by atoms with Gasteiger partial charge in [-0.2, -0.15) is 0 Å². The second kappa shape index (κ2) is 7.16. The van der Waals surface area contributed by atoms with Gasteiger partial charge in [-0.15, -0.1) is 0 Å². The van der Waals surface area contributed by atoms with Crippen LogP contribution in [0.15, 0.2) is 35.6 Å². The predicted octanol–water partition coefficient (Wildman–Crippen LogP) is 1.84. The minimum absolute atomic E-state index is 0.0189. The normalized spacial score (nSPS) is 17.3. The molecule has 0 saturated carbocycles. The lowest BCUT2D eigenvalue weighted by atomic mass is 9.96. The van der Waals surface area contributed by atoms with E-state index in [4.69, 9.17) is 9.84 Å². The van der Waals surface area contributed by atoms with Crippen LogP contribution in [0.25, 0.3) is 0 Å². The molecule has 1 atom stereocenters. The van der Waals surface area contributed by atoms with Gasteiger partial charge >= 0.3 is 5.97 Å². The number of carbonyl (C=O) groups is 3. The molecule has 0 unspecified atom stereocenters. The van der Waals surface area contributed by atoms with Gasteiger partial charge in [0, 0.05) is 6.54 Å². The summed E-state index contributed by atoms with van der Waals surface area (Å²) in [6, 6.07) is 5.98. The summed E-state index contributed by atoms with van der Waals surface area (Å²) in [4.78, 5) is 36.2. The van der Waals surface area contributed by atoms with E-state index in [1.54, 1.807) is 24.3 Å². The molecule has 7 heteroatoms. The molecule has 0 aliphatic carbocycles. The summed E-state index contributed by atoms with van der Waals surface area (Å²) in [7, 11) is 0. The number of nitrogens with zero attached hydrogens (tertiary/aromatic N) is 1. The Hall–Kier alpha value is -2.83. The third kappa shape index (κ3) is 3.40. The zero-order chi connectivity index (χ0) is 17.9. The minimum Gasteiger partial charge on any atom is -0.503 e. The molecule has 1 aromatic rings. The standard InChI is InChI=1S/C17H19NO6/c1-3-24-12-6-4-11(5-7-12)15-14(10(2)19)16(22)17(23)18(15)9-8-13(20)21/h4-7,15,22H,3,8-9H2,1-2H3,(H,20,21)/t15-/m0/s1. The number of amides is 1. The van der Waals surface area contributed by atoms with Crippen molar-refractivity contribution in [3.63, 3.8) is 0 Å². The topological polar surface area (TPSA) is 104 Å². The third-order valence-corrected chi connectivity index (χ3v) is 3.76. The van der Waals surface area contributed by atoms with Crippen LogP contribution < -0.4 is 4.74 Å². The summed E-state index contributed by atoms with van der Waals surface area (Å²) in [5.41, 5.74) is 0.584. The molecule has 1 heterocycles. The van der Waals surface area contributed by atoms with E-state index in [2.05, 4.69) is 0 Å². The van der Waals surface area contributed by atoms with Crippen molar-refractivity contribution >= 4 is 17.7 Å². The lowest BCUT2D eigenvalue weighted by Crippen LogP contribution is -2.33. The molecular weight excluding hydrogens is 314 g/mol. The molecule has 24 heavy (non-hydrogen) atoms. The molecule has 0 fully saturated rings. The van der Waals surface area contributed by atoms with Gasteiger partial charge in [0.05, 0.1) is 24.6 Å². The highest BCUT2D eigenvalue weighted by Gasteiger charge is 2.42. The van der Waals surface area contributed by atoms with Crippen LogP contribution in [0.2, 0.25) is 0 Å². The molecule has 0 saturated heterocycles. The number of carboxylic acids is 1. The zero-order valence-electron chi connectivity index (χ0n) is 13.5. The molecule has 0 spiro atoms. The fourth-order valence-corrected chi connectivity index (χ4v) is 2.72. The first-order chi connectivity index (χ1) is 11.4. The van der Waals surface area contributed by atoms with E-state index in [0.717, 1.165) is 0 Å². The van der Waals surface area contributed by atoms with Crippen LogP contribution in [-0.4, -0.2) is 45.9 Å². The molecule has 7 nitrogen and oxygen atoms in total. The molecular formula is C17H19NO6. The number of benzene rings is 1. The lowest BCUT2D eigenvalue weighted by Gasteiger charge is -2.26. The average Bonchev–Trinajstić information content (AvgIpc) is 2.78. The molecule has 1 aliphatic heterocycles. The number of ketones is 1. The highest BCUT2D eigenvalue weighted by molar-refractivity contribution is 6.08. The summed E-state index contributed by atoms with van der Waals surface area (Å²) in [6.45, 7) is 3.52. The molecule has 0 aromatic heterocycles. The maximum Gasteiger partial charge on any atom is 0.305 e. The first-order valence-corrected chi connectivity index (χ1v) is 7.56. The molecule has 1 amide bonds. The number of hydrogen-bond donors (Lipinski definition) is 2. The number of rotatable bonds is 7. The summed E-state index contributed by atoms with van der Waals surface area (Å²) in [5, 5.41) is 18.9. The van der Waals surface area contributed by atoms with Crippen molar-refractivity contribution in [2.45, 2.75) is 26.3 Å². The van der Waals surface area contributed by atoms with Crippen molar-refractivity contribution < 1.29 is 29.3 Å². The van der Waals surface area contributed by atoms with E-state index in [1.165, 1.54) is 11.8 Å². The van der Waals surface area contributed by atoms with Crippen LogP contribution in [0, 0.1) is 0 Å². The quantitative estimate of drug-likeness (QED) is 0.789. The Kier molecular flexibility index (Phi) is 5.23. The minimum atomic E-state index is -1.07. The molecule has 0 bridgehead atoms. The van der Waals surface area contributed by atoms with Crippen LogP contribution in [-0.2, 0) is 14.4 Å². The van der Waals surface area contributed by atoms with E-state index < -0.39 is 29.5 Å². The Morgan fingerprint density at radius 3 is 2.38 bits per heavy atom. The fourth-order valence-electron chi connectivity index (χ4n) is 2.72. The van der Waals surface area contributed by atoms with Crippen LogP contribution >= 0.6 is 0 Å². The third-order valence-electron chi connectivity index (χ3n) is 3.76. The van der Waals surface area contributed by atoms with Gasteiger partial charge in [-0.3, -0.25) is 14.4 Å². The van der Waals surface area contributed by atoms with Crippen molar-refractivity contribution in [3.8, 4) is 5.75 Å². The lowest BCUT2D eigenvalue weighted by molar-refractivity contribution is -0.138. The SMILES string of the molecule is CCOc1ccc([C@H]2C(C(C)=O)=C(O)C(=O)N2CCC(=O)O)cc1. The zero-order valence-corrected chi connectivity index (χ0v) is 13.5. The van der Waals surface area contributed by atoms with Crippen LogP contribution in [0.5, 0.6) is 5.75 Å². The van der Waals surface area contributed by atoms with Crippen molar-refractivity contribution in [2.24, 2.45) is 0 Å². The number of ether oxygens (including phenoxy) is 1. The number of Topliss-reactive ketones (excluding diaryl/α,β-unsaturated/α-hetero) is 1. The van der Waals surface area contributed by atoms with E-state index in [0.29, 0.717) is 17.9 Å². The number of hydrogen-bond acceptors (Lipinski definition) is 5. The summed E-state index contributed by atoms with van der Waals surface area (Å²) in [5.74, 6) is -2.21. The Morgan fingerprint density at radius 1 is 1.25 bits per heavy atom. The van der Waals surface area contributed by atoms with Gasteiger partial charge in [0.2, 0.25) is 0 Å². The van der Waals surface area contributed by atoms with Gasteiger partial charge in [-0.25, -0.2) is 0 Å². The molecule has 2 rings (SSSR count). The van der Waals surface area contributed by atoms with Crippen molar-refractivity contribution in [2.75, 3.05) is 13.2 Å². The molecule has 128 valence electrons. The van der Waals surface area contributed by atoms with E-state index >= 15 is 0 Å². The average molecular weight is 333 g/mol. The maximum atomic E-state index is 12.2. The predicted molar refractivity (Wildman–Crippen MR) is 84.7 cm³/mol. The van der Waals surface area contributed by atoms with Gasteiger partial charge < -0.3 is 19.8 Å². The van der Waals surface area contributed by atoms with E-state index in [1.807, 2.05) is 6.92 Å². The van der Waals surface area contributed by atoms with Crippen molar-refractivity contribution in [1.82, 2.24) is 4.90 Å². The highest BCUT2D eigenvalue weighted by atomic mass is 16.5. The number of aliphatic hydroxyl groups is 1. The van der Waals surface area contributed by atoms with Gasteiger partial charge in [-0.1, -0.05) is 12.1 Å². The smallest absolute Gasteiger partial charge is 0.305 e. The Morgan fingerprint density at radius 2 is 1.88 bits per heavy atom. The van der Waals surface area contributed by atoms with Gasteiger partial charge in [0.25, 0.3) is 5.91 Å². The second-order valence-corrected chi connectivity index (χ2v) is 5.37. The largest absolute Gasteiger partial charge is 0.503 e. The Balaban J connectivity index is 2.40. The van der Waals surface area contributed by atoms with Crippen LogP contribution in [0.3, 0.4) is 0 Å². The summed E-state index contributed by atoms with van der Waals surface area (Å²) < 4.78 is 5.36. The van der Waals surface area contributed by atoms with Crippen molar-refractivity contribution in [1.29, 1.82) is 0 Å². The van der Waals surface area contributed by atoms with E-state index in [9.17, 15) is 19.5 Å². The summed E-state index contributed by atoms with van der Waals surface area (Å²) in [6.07, 6.45) is -0.280. The number of aliphatic carboxylic acids is 1. The second-order valence-electron chi connectivity index (χ2n) is 5.37. The van der Waals surface area contributed by atoms with E-state index in [-0.39, 0.29) is 18.5 Å². The van der Waals surface area contributed by atoms with Gasteiger partial charge in [-0.05, 0) is 31.5 Å².